The lowest BCUT2D eigenvalue weighted by Crippen LogP contribution is -2.44. The van der Waals surface area contributed by atoms with Gasteiger partial charge in [-0.2, -0.15) is 4.98 Å². The monoisotopic (exact) mass is 266 g/mol. The maximum Gasteiger partial charge on any atom is 0.226 e. The van der Waals surface area contributed by atoms with E-state index in [0.29, 0.717) is 30.9 Å². The number of nitrogens with one attached hydrogen (secondary N) is 1. The molecule has 0 aliphatic heterocycles. The fourth-order valence-corrected chi connectivity index (χ4v) is 2.05. The molecule has 1 atom stereocenters. The Hall–Kier alpha value is -1.36. The van der Waals surface area contributed by atoms with E-state index < -0.39 is 0 Å². The molecular formula is C14H26N4O. The molecule has 5 nitrogen and oxygen atoms in total. The molecule has 1 unspecified atom stereocenters. The van der Waals surface area contributed by atoms with E-state index in [1.165, 1.54) is 0 Å². The Bertz CT molecular complexity index is 383. The van der Waals surface area contributed by atoms with Gasteiger partial charge >= 0.3 is 0 Å². The van der Waals surface area contributed by atoms with Gasteiger partial charge < -0.3 is 15.8 Å². The molecule has 0 aliphatic rings. The Morgan fingerprint density at radius 1 is 1.47 bits per heavy atom. The van der Waals surface area contributed by atoms with Crippen LogP contribution in [0.15, 0.2) is 12.3 Å². The first kappa shape index (κ1) is 15.7. The third kappa shape index (κ3) is 5.42. The van der Waals surface area contributed by atoms with Gasteiger partial charge in [0.05, 0.1) is 6.61 Å². The molecule has 0 saturated carbocycles. The Morgan fingerprint density at radius 2 is 2.21 bits per heavy atom. The number of hydrogen-bond acceptors (Lipinski definition) is 5. The van der Waals surface area contributed by atoms with Gasteiger partial charge in [0, 0.05) is 24.3 Å². The van der Waals surface area contributed by atoms with Crippen LogP contribution in [-0.4, -0.2) is 28.7 Å². The number of aromatic nitrogens is 2. The Balaban J connectivity index is 2.73. The molecule has 0 aromatic carbocycles. The molecule has 0 amide bonds. The minimum absolute atomic E-state index is 0.197. The summed E-state index contributed by atoms with van der Waals surface area (Å²) < 4.78 is 5.50. The highest BCUT2D eigenvalue weighted by molar-refractivity contribution is 5.31. The summed E-state index contributed by atoms with van der Waals surface area (Å²) in [6.07, 6.45) is 3.63. The first-order chi connectivity index (χ1) is 8.99. The lowest BCUT2D eigenvalue weighted by Gasteiger charge is -2.31. The van der Waals surface area contributed by atoms with Gasteiger partial charge in [0.2, 0.25) is 11.8 Å². The minimum atomic E-state index is -0.197. The smallest absolute Gasteiger partial charge is 0.226 e. The zero-order valence-corrected chi connectivity index (χ0v) is 12.4. The van der Waals surface area contributed by atoms with Crippen molar-refractivity contribution in [1.29, 1.82) is 0 Å². The molecule has 5 heteroatoms. The van der Waals surface area contributed by atoms with Crippen LogP contribution in [0.1, 0.15) is 40.5 Å². The van der Waals surface area contributed by atoms with Crippen molar-refractivity contribution in [2.75, 3.05) is 18.5 Å². The Kier molecular flexibility index (Phi) is 6.02. The largest absolute Gasteiger partial charge is 0.478 e. The first-order valence-electron chi connectivity index (χ1n) is 6.93. The van der Waals surface area contributed by atoms with Crippen molar-refractivity contribution in [3.8, 4) is 5.88 Å². The molecule has 0 bridgehead atoms. The second kappa shape index (κ2) is 7.28. The van der Waals surface area contributed by atoms with Crippen molar-refractivity contribution in [2.45, 2.75) is 46.1 Å². The zero-order chi connectivity index (χ0) is 14.3. The molecule has 1 heterocycles. The normalized spacial score (nSPS) is 14.2. The predicted octanol–water partition coefficient (Wildman–Crippen LogP) is 2.44. The van der Waals surface area contributed by atoms with E-state index in [1.54, 1.807) is 12.3 Å². The maximum absolute atomic E-state index is 5.87. The van der Waals surface area contributed by atoms with Gasteiger partial charge in [-0.25, -0.2) is 4.98 Å². The highest BCUT2D eigenvalue weighted by Crippen LogP contribution is 2.20. The molecule has 1 rings (SSSR count). The van der Waals surface area contributed by atoms with Crippen LogP contribution in [0, 0.1) is 5.92 Å². The van der Waals surface area contributed by atoms with E-state index in [4.69, 9.17) is 10.5 Å². The predicted molar refractivity (Wildman–Crippen MR) is 78.4 cm³/mol. The topological polar surface area (TPSA) is 73.1 Å². The fourth-order valence-electron chi connectivity index (χ4n) is 2.05. The SMILES string of the molecule is CCCOc1ccnc(NC(C)(CN)CC(C)C)n1. The van der Waals surface area contributed by atoms with Crippen LogP contribution in [0.25, 0.3) is 0 Å². The maximum atomic E-state index is 5.87. The summed E-state index contributed by atoms with van der Waals surface area (Å²) >= 11 is 0. The number of nitrogens with zero attached hydrogens (tertiary/aromatic N) is 2. The van der Waals surface area contributed by atoms with Crippen molar-refractivity contribution in [3.63, 3.8) is 0 Å². The summed E-state index contributed by atoms with van der Waals surface area (Å²) in [7, 11) is 0. The molecule has 0 radical (unpaired) electrons. The third-order valence-electron chi connectivity index (χ3n) is 2.81. The molecule has 1 aromatic rings. The van der Waals surface area contributed by atoms with Gasteiger partial charge in [0.15, 0.2) is 0 Å². The van der Waals surface area contributed by atoms with Crippen LogP contribution in [0.2, 0.25) is 0 Å². The number of ether oxygens (including phenoxy) is 1. The van der Waals surface area contributed by atoms with Crippen LogP contribution in [0.4, 0.5) is 5.95 Å². The van der Waals surface area contributed by atoms with Gasteiger partial charge in [0.25, 0.3) is 0 Å². The van der Waals surface area contributed by atoms with Gasteiger partial charge in [-0.05, 0) is 25.7 Å². The lowest BCUT2D eigenvalue weighted by atomic mass is 9.91. The summed E-state index contributed by atoms with van der Waals surface area (Å²) in [6.45, 7) is 9.71. The quantitative estimate of drug-likeness (QED) is 0.756. The zero-order valence-electron chi connectivity index (χ0n) is 12.4. The summed E-state index contributed by atoms with van der Waals surface area (Å²) in [5, 5.41) is 3.33. The molecule has 108 valence electrons. The molecule has 0 saturated heterocycles. The standard InChI is InChI=1S/C14H26N4O/c1-5-8-19-12-6-7-16-13(17-12)18-14(4,10-15)9-11(2)3/h6-7,11H,5,8-10,15H2,1-4H3,(H,16,17,18). The number of rotatable bonds is 8. The van der Waals surface area contributed by atoms with E-state index in [-0.39, 0.29) is 5.54 Å². The van der Waals surface area contributed by atoms with Crippen molar-refractivity contribution in [3.05, 3.63) is 12.3 Å². The second-order valence-corrected chi connectivity index (χ2v) is 5.55. The summed E-state index contributed by atoms with van der Waals surface area (Å²) in [5.41, 5.74) is 5.68. The summed E-state index contributed by atoms with van der Waals surface area (Å²) in [4.78, 5) is 8.58. The molecule has 1 aromatic heterocycles. The summed E-state index contributed by atoms with van der Waals surface area (Å²) in [5.74, 6) is 1.73. The first-order valence-corrected chi connectivity index (χ1v) is 6.93. The molecule has 0 fully saturated rings. The van der Waals surface area contributed by atoms with Gasteiger partial charge in [-0.1, -0.05) is 20.8 Å². The molecule has 19 heavy (non-hydrogen) atoms. The van der Waals surface area contributed by atoms with Crippen molar-refractivity contribution < 1.29 is 4.74 Å². The Labute approximate surface area is 116 Å². The van der Waals surface area contributed by atoms with Crippen molar-refractivity contribution in [2.24, 2.45) is 11.7 Å². The van der Waals surface area contributed by atoms with Crippen molar-refractivity contribution >= 4 is 5.95 Å². The number of nitrogens with two attached hydrogens (primary N) is 1. The third-order valence-corrected chi connectivity index (χ3v) is 2.81. The Morgan fingerprint density at radius 3 is 2.79 bits per heavy atom. The van der Waals surface area contributed by atoms with E-state index in [0.717, 1.165) is 12.8 Å². The minimum Gasteiger partial charge on any atom is -0.478 e. The molecule has 0 aliphatic carbocycles. The van der Waals surface area contributed by atoms with Crippen LogP contribution in [0.5, 0.6) is 5.88 Å². The number of hydrogen-bond donors (Lipinski definition) is 2. The van der Waals surface area contributed by atoms with E-state index in [2.05, 4.69) is 43.0 Å². The van der Waals surface area contributed by atoms with Gasteiger partial charge in [0.1, 0.15) is 0 Å². The average molecular weight is 266 g/mol. The fraction of sp³-hybridized carbons (Fsp3) is 0.714. The molecule has 0 spiro atoms. The second-order valence-electron chi connectivity index (χ2n) is 5.55. The van der Waals surface area contributed by atoms with Crippen LogP contribution >= 0.6 is 0 Å². The van der Waals surface area contributed by atoms with Gasteiger partial charge in [-0.3, -0.25) is 0 Å². The summed E-state index contributed by atoms with van der Waals surface area (Å²) in [6, 6.07) is 1.77. The highest BCUT2D eigenvalue weighted by Gasteiger charge is 2.24. The molecule has 3 N–H and O–H groups in total. The van der Waals surface area contributed by atoms with E-state index in [1.807, 2.05) is 0 Å². The van der Waals surface area contributed by atoms with Gasteiger partial charge in [-0.15, -0.1) is 0 Å². The van der Waals surface area contributed by atoms with Crippen LogP contribution in [0.3, 0.4) is 0 Å². The van der Waals surface area contributed by atoms with E-state index in [9.17, 15) is 0 Å². The van der Waals surface area contributed by atoms with Crippen molar-refractivity contribution in [1.82, 2.24) is 9.97 Å². The highest BCUT2D eigenvalue weighted by atomic mass is 16.5. The van der Waals surface area contributed by atoms with Crippen LogP contribution in [-0.2, 0) is 0 Å². The average Bonchev–Trinajstić information content (AvgIpc) is 2.35. The van der Waals surface area contributed by atoms with E-state index >= 15 is 0 Å². The number of anilines is 1. The molecular weight excluding hydrogens is 240 g/mol. The van der Waals surface area contributed by atoms with Crippen LogP contribution < -0.4 is 15.8 Å². The lowest BCUT2D eigenvalue weighted by molar-refractivity contribution is 0.304.